The summed E-state index contributed by atoms with van der Waals surface area (Å²) >= 11 is 0. The molecule has 4 rings (SSSR count). The molecular formula is C25H33NO7. The van der Waals surface area contributed by atoms with Crippen LogP contribution in [0.2, 0.25) is 0 Å². The number of fused-ring (bicyclic) bond motifs is 1. The van der Waals surface area contributed by atoms with E-state index in [4.69, 9.17) is 18.6 Å². The van der Waals surface area contributed by atoms with Crippen LogP contribution in [0, 0.1) is 5.92 Å². The molecule has 1 aromatic carbocycles. The van der Waals surface area contributed by atoms with Gasteiger partial charge in [0, 0.05) is 36.1 Å². The maximum Gasteiger partial charge on any atom is 0.308 e. The molecule has 2 atom stereocenters. The van der Waals surface area contributed by atoms with Gasteiger partial charge in [0.15, 0.2) is 5.43 Å². The van der Waals surface area contributed by atoms with Crippen LogP contribution in [-0.4, -0.2) is 63.5 Å². The number of esters is 1. The van der Waals surface area contributed by atoms with Gasteiger partial charge in [0.25, 0.3) is 0 Å². The number of β-amino-alcohol motifs (C(OH)–C–C–N with tert-alkyl or cyclic N) is 1. The van der Waals surface area contributed by atoms with E-state index in [0.717, 1.165) is 24.9 Å². The normalized spacial score (nSPS) is 26.2. The minimum atomic E-state index is -0.612. The highest BCUT2D eigenvalue weighted by molar-refractivity contribution is 5.89. The van der Waals surface area contributed by atoms with Gasteiger partial charge < -0.3 is 28.6 Å². The molecule has 1 saturated heterocycles. The zero-order chi connectivity index (χ0) is 23.7. The summed E-state index contributed by atoms with van der Waals surface area (Å²) in [6, 6.07) is 3.26. The zero-order valence-electron chi connectivity index (χ0n) is 19.8. The first kappa shape index (κ1) is 23.6. The van der Waals surface area contributed by atoms with Gasteiger partial charge >= 0.3 is 5.97 Å². The molecule has 180 valence electrons. The average molecular weight is 460 g/mol. The summed E-state index contributed by atoms with van der Waals surface area (Å²) < 4.78 is 22.5. The molecule has 1 saturated carbocycles. The molecule has 2 heterocycles. The molecule has 1 aliphatic carbocycles. The lowest BCUT2D eigenvalue weighted by Crippen LogP contribution is -2.40. The molecule has 33 heavy (non-hydrogen) atoms. The van der Waals surface area contributed by atoms with Crippen molar-refractivity contribution in [1.29, 1.82) is 0 Å². The molecule has 0 unspecified atom stereocenters. The van der Waals surface area contributed by atoms with Gasteiger partial charge in [-0.1, -0.05) is 0 Å². The second-order valence-electron chi connectivity index (χ2n) is 9.21. The lowest BCUT2D eigenvalue weighted by atomic mass is 9.80. The fraction of sp³-hybridized carbons (Fsp3) is 0.600. The Hall–Kier alpha value is -2.58. The smallest absolute Gasteiger partial charge is 0.308 e. The molecule has 2 aliphatic rings. The number of hydrogen-bond donors (Lipinski definition) is 1. The Morgan fingerprint density at radius 3 is 2.36 bits per heavy atom. The first-order chi connectivity index (χ1) is 15.9. The van der Waals surface area contributed by atoms with Crippen molar-refractivity contribution in [1.82, 2.24) is 4.90 Å². The summed E-state index contributed by atoms with van der Waals surface area (Å²) in [5.74, 6) is 1.07. The summed E-state index contributed by atoms with van der Waals surface area (Å²) in [6.45, 7) is 1.35. The van der Waals surface area contributed by atoms with Gasteiger partial charge in [-0.05, 0) is 45.7 Å². The van der Waals surface area contributed by atoms with Crippen LogP contribution in [0.25, 0.3) is 11.0 Å². The molecule has 8 nitrogen and oxygen atoms in total. The van der Waals surface area contributed by atoms with Crippen molar-refractivity contribution in [3.63, 3.8) is 0 Å². The monoisotopic (exact) mass is 459 g/mol. The van der Waals surface area contributed by atoms with Crippen molar-refractivity contribution < 1.29 is 28.5 Å². The van der Waals surface area contributed by atoms with Crippen molar-refractivity contribution >= 4 is 16.9 Å². The Morgan fingerprint density at radius 1 is 1.06 bits per heavy atom. The van der Waals surface area contributed by atoms with Gasteiger partial charge in [0.1, 0.15) is 28.2 Å². The SMILES string of the molecule is COC(=O)C1CCC(c2cc(=O)c3c(OC)cc(OC)c([C@H]4CCN(C)C[C@H]4O)c3o2)CC1. The van der Waals surface area contributed by atoms with Gasteiger partial charge in [0.2, 0.25) is 0 Å². The maximum absolute atomic E-state index is 13.3. The Morgan fingerprint density at radius 2 is 1.76 bits per heavy atom. The molecule has 8 heteroatoms. The number of aliphatic hydroxyl groups is 1. The van der Waals surface area contributed by atoms with Gasteiger partial charge in [-0.25, -0.2) is 0 Å². The molecule has 1 N–H and O–H groups in total. The fourth-order valence-electron chi connectivity index (χ4n) is 5.40. The number of rotatable bonds is 5. The average Bonchev–Trinajstić information content (AvgIpc) is 2.82. The molecule has 2 aromatic rings. The van der Waals surface area contributed by atoms with E-state index >= 15 is 0 Å². The van der Waals surface area contributed by atoms with E-state index < -0.39 is 6.10 Å². The van der Waals surface area contributed by atoms with E-state index in [0.29, 0.717) is 54.0 Å². The summed E-state index contributed by atoms with van der Waals surface area (Å²) in [5, 5.41) is 11.3. The third-order valence-electron chi connectivity index (χ3n) is 7.25. The number of ether oxygens (including phenoxy) is 3. The number of nitrogens with zero attached hydrogens (tertiary/aromatic N) is 1. The van der Waals surface area contributed by atoms with Crippen molar-refractivity contribution in [3.05, 3.63) is 33.7 Å². The van der Waals surface area contributed by atoms with Gasteiger partial charge in [-0.3, -0.25) is 9.59 Å². The predicted molar refractivity (Wildman–Crippen MR) is 123 cm³/mol. The molecule has 0 bridgehead atoms. The van der Waals surface area contributed by atoms with E-state index in [2.05, 4.69) is 4.90 Å². The predicted octanol–water partition coefficient (Wildman–Crippen LogP) is 3.04. The van der Waals surface area contributed by atoms with Crippen molar-refractivity contribution in [3.8, 4) is 11.5 Å². The molecule has 1 aromatic heterocycles. The molecule has 2 fully saturated rings. The molecule has 0 amide bonds. The number of carbonyl (C=O) groups excluding carboxylic acids is 1. The molecule has 1 aliphatic heterocycles. The van der Waals surface area contributed by atoms with E-state index in [9.17, 15) is 14.7 Å². The second-order valence-corrected chi connectivity index (χ2v) is 9.21. The topological polar surface area (TPSA) is 98.4 Å². The summed E-state index contributed by atoms with van der Waals surface area (Å²) in [4.78, 5) is 27.3. The third-order valence-corrected chi connectivity index (χ3v) is 7.25. The Labute approximate surface area is 193 Å². The van der Waals surface area contributed by atoms with Gasteiger partial charge in [-0.2, -0.15) is 0 Å². The Bertz CT molecular complexity index is 1070. The standard InChI is InChI=1S/C25H33NO7/c1-26-10-9-16(18(28)13-26)22-20(30-2)12-21(31-3)23-17(27)11-19(33-24(22)23)14-5-7-15(8-6-14)25(29)32-4/h11-12,14-16,18,28H,5-10,13H2,1-4H3/t14?,15?,16-,18+/m0/s1. The number of likely N-dealkylation sites (tertiary alicyclic amines) is 1. The Balaban J connectivity index is 1.81. The minimum absolute atomic E-state index is 0.0375. The van der Waals surface area contributed by atoms with Crippen LogP contribution in [0.4, 0.5) is 0 Å². The highest BCUT2D eigenvalue weighted by Gasteiger charge is 2.35. The zero-order valence-corrected chi connectivity index (χ0v) is 19.8. The quantitative estimate of drug-likeness (QED) is 0.682. The van der Waals surface area contributed by atoms with E-state index in [1.54, 1.807) is 19.2 Å². The van der Waals surface area contributed by atoms with Crippen molar-refractivity contribution in [2.45, 2.75) is 50.0 Å². The molecule has 0 radical (unpaired) electrons. The first-order valence-corrected chi connectivity index (χ1v) is 11.5. The van der Waals surface area contributed by atoms with Crippen LogP contribution < -0.4 is 14.9 Å². The summed E-state index contributed by atoms with van der Waals surface area (Å²) in [6.07, 6.45) is 2.97. The van der Waals surface area contributed by atoms with E-state index in [1.165, 1.54) is 14.2 Å². The number of hydrogen-bond acceptors (Lipinski definition) is 8. The lowest BCUT2D eigenvalue weighted by molar-refractivity contribution is -0.146. The second kappa shape index (κ2) is 9.73. The number of likely N-dealkylation sites (N-methyl/N-ethyl adjacent to an activating group) is 1. The Kier molecular flexibility index (Phi) is 6.95. The number of carbonyl (C=O) groups is 1. The maximum atomic E-state index is 13.3. The molecular weight excluding hydrogens is 426 g/mol. The van der Waals surface area contributed by atoms with Crippen LogP contribution in [0.1, 0.15) is 55.3 Å². The van der Waals surface area contributed by atoms with Gasteiger partial charge in [0.05, 0.1) is 33.4 Å². The highest BCUT2D eigenvalue weighted by atomic mass is 16.5. The van der Waals surface area contributed by atoms with Crippen LogP contribution in [0.3, 0.4) is 0 Å². The number of aliphatic hydroxyl groups excluding tert-OH is 1. The number of piperidine rings is 1. The van der Waals surface area contributed by atoms with Crippen molar-refractivity contribution in [2.24, 2.45) is 5.92 Å². The third kappa shape index (κ3) is 4.46. The van der Waals surface area contributed by atoms with Crippen LogP contribution in [0.15, 0.2) is 21.3 Å². The van der Waals surface area contributed by atoms with Gasteiger partial charge in [-0.15, -0.1) is 0 Å². The number of benzene rings is 1. The minimum Gasteiger partial charge on any atom is -0.496 e. The van der Waals surface area contributed by atoms with Crippen LogP contribution >= 0.6 is 0 Å². The van der Waals surface area contributed by atoms with E-state index in [1.807, 2.05) is 7.05 Å². The van der Waals surface area contributed by atoms with Crippen LogP contribution in [-0.2, 0) is 9.53 Å². The summed E-state index contributed by atoms with van der Waals surface area (Å²) in [5.41, 5.74) is 0.970. The highest BCUT2D eigenvalue weighted by Crippen LogP contribution is 2.44. The fourth-order valence-corrected chi connectivity index (χ4v) is 5.40. The number of methoxy groups -OCH3 is 3. The molecule has 0 spiro atoms. The summed E-state index contributed by atoms with van der Waals surface area (Å²) in [7, 11) is 6.48. The van der Waals surface area contributed by atoms with Crippen molar-refractivity contribution in [2.75, 3.05) is 41.5 Å². The van der Waals surface area contributed by atoms with E-state index in [-0.39, 0.29) is 29.2 Å². The lowest BCUT2D eigenvalue weighted by Gasteiger charge is -2.35. The largest absolute Gasteiger partial charge is 0.496 e. The first-order valence-electron chi connectivity index (χ1n) is 11.5. The van der Waals surface area contributed by atoms with Crippen LogP contribution in [0.5, 0.6) is 11.5 Å².